The van der Waals surface area contributed by atoms with Crippen LogP contribution in [0, 0.1) is 15.9 Å². The summed E-state index contributed by atoms with van der Waals surface area (Å²) < 4.78 is 18.5. The molecule has 0 radical (unpaired) electrons. The van der Waals surface area contributed by atoms with Gasteiger partial charge in [0.2, 0.25) is 11.8 Å². The lowest BCUT2D eigenvalue weighted by atomic mass is 10.1. The topological polar surface area (TPSA) is 124 Å². The van der Waals surface area contributed by atoms with E-state index >= 15 is 0 Å². The number of nitro groups is 1. The Morgan fingerprint density at radius 3 is 2.77 bits per heavy atom. The van der Waals surface area contributed by atoms with Crippen LogP contribution in [0.4, 0.5) is 15.2 Å². The molecular formula is C19H12FN5O4S2. The van der Waals surface area contributed by atoms with Gasteiger partial charge in [-0.1, -0.05) is 23.9 Å². The average molecular weight is 457 g/mol. The second-order valence-corrected chi connectivity index (χ2v) is 7.85. The zero-order chi connectivity index (χ0) is 21.8. The molecular weight excluding hydrogens is 445 g/mol. The van der Waals surface area contributed by atoms with Gasteiger partial charge in [-0.2, -0.15) is 0 Å². The van der Waals surface area contributed by atoms with Crippen LogP contribution in [-0.2, 0) is 4.79 Å². The molecule has 0 bridgehead atoms. The molecule has 0 fully saturated rings. The highest BCUT2D eigenvalue weighted by Gasteiger charge is 2.14. The summed E-state index contributed by atoms with van der Waals surface area (Å²) >= 11 is 2.26. The molecule has 0 atom stereocenters. The summed E-state index contributed by atoms with van der Waals surface area (Å²) in [6.07, 6.45) is 0. The van der Waals surface area contributed by atoms with Crippen LogP contribution in [-0.4, -0.2) is 31.8 Å². The fourth-order valence-electron chi connectivity index (χ4n) is 2.50. The molecule has 0 aliphatic heterocycles. The zero-order valence-corrected chi connectivity index (χ0v) is 17.2. The van der Waals surface area contributed by atoms with Crippen molar-refractivity contribution in [3.8, 4) is 22.7 Å². The van der Waals surface area contributed by atoms with Crippen LogP contribution >= 0.6 is 23.1 Å². The van der Waals surface area contributed by atoms with E-state index < -0.39 is 4.92 Å². The molecule has 12 heteroatoms. The maximum atomic E-state index is 13.0. The number of nitrogens with zero attached hydrogens (tertiary/aromatic N) is 4. The number of carbonyl (C=O) groups is 1. The Balaban J connectivity index is 1.34. The van der Waals surface area contributed by atoms with Crippen LogP contribution in [0.5, 0.6) is 0 Å². The second-order valence-electron chi connectivity index (χ2n) is 6.06. The van der Waals surface area contributed by atoms with Crippen molar-refractivity contribution in [1.82, 2.24) is 15.2 Å². The van der Waals surface area contributed by atoms with Crippen molar-refractivity contribution in [2.24, 2.45) is 0 Å². The van der Waals surface area contributed by atoms with Crippen LogP contribution in [0.3, 0.4) is 0 Å². The lowest BCUT2D eigenvalue weighted by Gasteiger charge is -2.00. The molecule has 1 amide bonds. The molecule has 0 spiro atoms. The molecule has 4 rings (SSSR count). The molecule has 0 saturated carbocycles. The third kappa shape index (κ3) is 5.10. The summed E-state index contributed by atoms with van der Waals surface area (Å²) in [6.45, 7) is 0. The van der Waals surface area contributed by atoms with Crippen LogP contribution in [0.15, 0.2) is 63.6 Å². The Labute approximate surface area is 182 Å². The lowest BCUT2D eigenvalue weighted by Crippen LogP contribution is -2.13. The zero-order valence-electron chi connectivity index (χ0n) is 15.5. The summed E-state index contributed by atoms with van der Waals surface area (Å²) in [5, 5.41) is 23.6. The maximum Gasteiger partial charge on any atom is 0.277 e. The largest absolute Gasteiger partial charge is 0.411 e. The van der Waals surface area contributed by atoms with E-state index in [1.807, 2.05) is 0 Å². The number of non-ortho nitro benzene ring substituents is 1. The maximum absolute atomic E-state index is 13.0. The fraction of sp³-hybridized carbons (Fsp3) is 0.0526. The number of amides is 1. The van der Waals surface area contributed by atoms with Gasteiger partial charge in [-0.25, -0.2) is 9.37 Å². The van der Waals surface area contributed by atoms with Crippen molar-refractivity contribution in [2.75, 3.05) is 11.1 Å². The van der Waals surface area contributed by atoms with Crippen LogP contribution in [0.25, 0.3) is 22.7 Å². The van der Waals surface area contributed by atoms with Crippen molar-refractivity contribution in [3.05, 3.63) is 69.8 Å². The molecule has 1 N–H and O–H groups in total. The van der Waals surface area contributed by atoms with Crippen LogP contribution in [0.2, 0.25) is 0 Å². The van der Waals surface area contributed by atoms with Gasteiger partial charge in [-0.3, -0.25) is 14.9 Å². The van der Waals surface area contributed by atoms with E-state index in [2.05, 4.69) is 20.5 Å². The molecule has 2 aromatic carbocycles. The van der Waals surface area contributed by atoms with Gasteiger partial charge in [-0.15, -0.1) is 21.5 Å². The van der Waals surface area contributed by atoms with Crippen molar-refractivity contribution in [2.45, 2.75) is 5.22 Å². The summed E-state index contributed by atoms with van der Waals surface area (Å²) in [6, 6.07) is 11.7. The Morgan fingerprint density at radius 1 is 1.19 bits per heavy atom. The van der Waals surface area contributed by atoms with Gasteiger partial charge in [0, 0.05) is 28.6 Å². The molecule has 0 unspecified atom stereocenters. The van der Waals surface area contributed by atoms with E-state index in [0.29, 0.717) is 22.0 Å². The summed E-state index contributed by atoms with van der Waals surface area (Å²) in [7, 11) is 0. The third-order valence-corrected chi connectivity index (χ3v) is 5.50. The highest BCUT2D eigenvalue weighted by atomic mass is 32.2. The highest BCUT2D eigenvalue weighted by molar-refractivity contribution is 7.99. The Hall–Kier alpha value is -3.64. The van der Waals surface area contributed by atoms with E-state index in [-0.39, 0.29) is 34.3 Å². The Kier molecular flexibility index (Phi) is 6.00. The lowest BCUT2D eigenvalue weighted by molar-refractivity contribution is -0.384. The number of hydrogen-bond acceptors (Lipinski definition) is 9. The number of hydrogen-bond donors (Lipinski definition) is 1. The van der Waals surface area contributed by atoms with Crippen molar-refractivity contribution in [3.63, 3.8) is 0 Å². The minimum Gasteiger partial charge on any atom is -0.411 e. The van der Waals surface area contributed by atoms with Crippen LogP contribution < -0.4 is 5.32 Å². The SMILES string of the molecule is O=C(CSc1nnc(-c2ccc(F)cc2)o1)Nc1nc(-c2cccc([N+](=O)[O-])c2)cs1. The second kappa shape index (κ2) is 9.02. The fourth-order valence-corrected chi connectivity index (χ4v) is 3.80. The first kappa shape index (κ1) is 20.6. The number of thioether (sulfide) groups is 1. The molecule has 2 aromatic heterocycles. The van der Waals surface area contributed by atoms with Crippen molar-refractivity contribution >= 4 is 39.8 Å². The first-order valence-corrected chi connectivity index (χ1v) is 10.6. The van der Waals surface area contributed by atoms with Gasteiger partial charge in [0.15, 0.2) is 5.13 Å². The highest BCUT2D eigenvalue weighted by Crippen LogP contribution is 2.28. The summed E-state index contributed by atoms with van der Waals surface area (Å²) in [5.41, 5.74) is 1.64. The Bertz CT molecular complexity index is 1240. The van der Waals surface area contributed by atoms with E-state index in [1.165, 1.54) is 47.7 Å². The number of anilines is 1. The van der Waals surface area contributed by atoms with Crippen molar-refractivity contribution < 1.29 is 18.5 Å². The number of aromatic nitrogens is 3. The van der Waals surface area contributed by atoms with Gasteiger partial charge in [0.05, 0.1) is 16.4 Å². The smallest absolute Gasteiger partial charge is 0.277 e. The van der Waals surface area contributed by atoms with E-state index in [4.69, 9.17) is 4.42 Å². The number of rotatable bonds is 7. The molecule has 156 valence electrons. The monoisotopic (exact) mass is 457 g/mol. The minimum absolute atomic E-state index is 0.0107. The van der Waals surface area contributed by atoms with Gasteiger partial charge >= 0.3 is 0 Å². The standard InChI is InChI=1S/C19H12FN5O4S2/c20-13-6-4-11(5-7-13)17-23-24-19(29-17)31-10-16(26)22-18-21-15(9-30-18)12-2-1-3-14(8-12)25(27)28/h1-9H,10H2,(H,21,22,26). The van der Waals surface area contributed by atoms with E-state index in [9.17, 15) is 19.3 Å². The van der Waals surface area contributed by atoms with E-state index in [0.717, 1.165) is 11.8 Å². The van der Waals surface area contributed by atoms with Crippen LogP contribution in [0.1, 0.15) is 0 Å². The van der Waals surface area contributed by atoms with Gasteiger partial charge in [0.1, 0.15) is 5.82 Å². The quantitative estimate of drug-likeness (QED) is 0.242. The average Bonchev–Trinajstić information content (AvgIpc) is 3.43. The van der Waals surface area contributed by atoms with Gasteiger partial charge < -0.3 is 9.73 Å². The molecule has 2 heterocycles. The number of nitrogens with one attached hydrogen (secondary N) is 1. The molecule has 0 saturated heterocycles. The van der Waals surface area contributed by atoms with E-state index in [1.54, 1.807) is 17.5 Å². The first-order chi connectivity index (χ1) is 15.0. The normalized spacial score (nSPS) is 10.7. The molecule has 9 nitrogen and oxygen atoms in total. The number of nitro benzene ring substituents is 1. The Morgan fingerprint density at radius 2 is 2.00 bits per heavy atom. The number of benzene rings is 2. The van der Waals surface area contributed by atoms with Crippen molar-refractivity contribution in [1.29, 1.82) is 0 Å². The summed E-state index contributed by atoms with van der Waals surface area (Å²) in [5.74, 6) is -0.460. The first-order valence-electron chi connectivity index (χ1n) is 8.70. The number of halogens is 1. The summed E-state index contributed by atoms with van der Waals surface area (Å²) in [4.78, 5) is 26.9. The molecule has 0 aliphatic rings. The minimum atomic E-state index is -0.477. The number of thiazole rings is 1. The predicted molar refractivity (Wildman–Crippen MR) is 113 cm³/mol. The van der Waals surface area contributed by atoms with Gasteiger partial charge in [0.25, 0.3) is 10.9 Å². The third-order valence-electron chi connectivity index (χ3n) is 3.93. The molecule has 31 heavy (non-hydrogen) atoms. The number of carbonyl (C=O) groups excluding carboxylic acids is 1. The molecule has 4 aromatic rings. The molecule has 0 aliphatic carbocycles. The van der Waals surface area contributed by atoms with Gasteiger partial charge in [-0.05, 0) is 24.3 Å². The predicted octanol–water partition coefficient (Wildman–Crippen LogP) is 4.64.